The fourth-order valence-corrected chi connectivity index (χ4v) is 3.36. The minimum atomic E-state index is -3.60. The van der Waals surface area contributed by atoms with Gasteiger partial charge in [-0.2, -0.15) is 0 Å². The Morgan fingerprint density at radius 3 is 2.32 bits per heavy atom. The van der Waals surface area contributed by atoms with Crippen molar-refractivity contribution in [3.05, 3.63) is 64.7 Å². The van der Waals surface area contributed by atoms with Crippen molar-refractivity contribution in [2.45, 2.75) is 25.3 Å². The van der Waals surface area contributed by atoms with Crippen LogP contribution in [0.4, 0.5) is 0 Å². The van der Waals surface area contributed by atoms with Crippen LogP contribution in [0.5, 0.6) is 0 Å². The van der Waals surface area contributed by atoms with Crippen LogP contribution in [-0.4, -0.2) is 19.5 Å². The molecule has 0 aromatic heterocycles. The second-order valence-corrected chi connectivity index (χ2v) is 6.83. The van der Waals surface area contributed by atoms with Gasteiger partial charge in [-0.3, -0.25) is 0 Å². The Labute approximate surface area is 129 Å². The first-order valence-electron chi connectivity index (χ1n) is 6.69. The molecule has 5 nitrogen and oxygen atoms in total. The third-order valence-electron chi connectivity index (χ3n) is 3.30. The highest BCUT2D eigenvalue weighted by atomic mass is 32.2. The molecule has 0 fully saturated rings. The molecule has 2 aromatic carbocycles. The van der Waals surface area contributed by atoms with Gasteiger partial charge in [0.25, 0.3) is 0 Å². The standard InChI is InChI=1S/C16H17NO4S/c1-11-3-4-12(2)15(9-11)22(20,21)17-10-13-5-7-14(8-6-13)16(18)19/h3-9,17H,10H2,1-2H3,(H,18,19). The smallest absolute Gasteiger partial charge is 0.335 e. The number of sulfonamides is 1. The van der Waals surface area contributed by atoms with Crippen molar-refractivity contribution in [1.29, 1.82) is 0 Å². The average molecular weight is 319 g/mol. The highest BCUT2D eigenvalue weighted by Gasteiger charge is 2.16. The summed E-state index contributed by atoms with van der Waals surface area (Å²) in [6.45, 7) is 3.69. The van der Waals surface area contributed by atoms with Crippen LogP contribution in [-0.2, 0) is 16.6 Å². The lowest BCUT2D eigenvalue weighted by atomic mass is 10.1. The minimum absolute atomic E-state index is 0.107. The van der Waals surface area contributed by atoms with Gasteiger partial charge in [-0.15, -0.1) is 0 Å². The Balaban J connectivity index is 2.16. The van der Waals surface area contributed by atoms with Gasteiger partial charge in [-0.05, 0) is 48.7 Å². The average Bonchev–Trinajstić information content (AvgIpc) is 2.48. The van der Waals surface area contributed by atoms with E-state index in [0.29, 0.717) is 11.1 Å². The van der Waals surface area contributed by atoms with E-state index < -0.39 is 16.0 Å². The van der Waals surface area contributed by atoms with Gasteiger partial charge in [0.15, 0.2) is 0 Å². The number of hydrogen-bond acceptors (Lipinski definition) is 3. The van der Waals surface area contributed by atoms with Crippen LogP contribution in [0.15, 0.2) is 47.4 Å². The van der Waals surface area contributed by atoms with Gasteiger partial charge in [-0.25, -0.2) is 17.9 Å². The maximum atomic E-state index is 12.3. The molecule has 0 aliphatic heterocycles. The minimum Gasteiger partial charge on any atom is -0.478 e. The molecule has 0 amide bonds. The Morgan fingerprint density at radius 1 is 1.09 bits per heavy atom. The van der Waals surface area contributed by atoms with Crippen molar-refractivity contribution < 1.29 is 18.3 Å². The molecular weight excluding hydrogens is 302 g/mol. The molecule has 22 heavy (non-hydrogen) atoms. The summed E-state index contributed by atoms with van der Waals surface area (Å²) < 4.78 is 27.2. The first kappa shape index (κ1) is 16.2. The summed E-state index contributed by atoms with van der Waals surface area (Å²) in [7, 11) is -3.60. The third kappa shape index (κ3) is 3.72. The molecule has 0 spiro atoms. The summed E-state index contributed by atoms with van der Waals surface area (Å²) in [5.41, 5.74) is 2.41. The summed E-state index contributed by atoms with van der Waals surface area (Å²) >= 11 is 0. The monoisotopic (exact) mass is 319 g/mol. The predicted octanol–water partition coefficient (Wildman–Crippen LogP) is 2.48. The predicted molar refractivity (Wildman–Crippen MR) is 83.3 cm³/mol. The number of aryl methyl sites for hydroxylation is 2. The molecule has 2 N–H and O–H groups in total. The Morgan fingerprint density at radius 2 is 1.73 bits per heavy atom. The lowest BCUT2D eigenvalue weighted by Gasteiger charge is -2.10. The second kappa shape index (κ2) is 6.29. The molecule has 0 atom stereocenters. The summed E-state index contributed by atoms with van der Waals surface area (Å²) in [5.74, 6) is -1.01. The molecule has 0 radical (unpaired) electrons. The molecule has 0 unspecified atom stereocenters. The number of carboxylic acids is 1. The molecule has 116 valence electrons. The van der Waals surface area contributed by atoms with E-state index in [-0.39, 0.29) is 17.0 Å². The fraction of sp³-hybridized carbons (Fsp3) is 0.188. The molecular formula is C16H17NO4S. The summed E-state index contributed by atoms with van der Waals surface area (Å²) in [6.07, 6.45) is 0. The SMILES string of the molecule is Cc1ccc(C)c(S(=O)(=O)NCc2ccc(C(=O)O)cc2)c1. The molecule has 2 rings (SSSR count). The number of aromatic carboxylic acids is 1. The van der Waals surface area contributed by atoms with E-state index in [4.69, 9.17) is 5.11 Å². The van der Waals surface area contributed by atoms with Crippen molar-refractivity contribution in [2.75, 3.05) is 0 Å². The van der Waals surface area contributed by atoms with E-state index in [1.54, 1.807) is 31.2 Å². The lowest BCUT2D eigenvalue weighted by Crippen LogP contribution is -2.24. The van der Waals surface area contributed by atoms with Gasteiger partial charge in [0.2, 0.25) is 10.0 Å². The molecule has 0 aliphatic rings. The van der Waals surface area contributed by atoms with Crippen molar-refractivity contribution in [3.63, 3.8) is 0 Å². The molecule has 2 aromatic rings. The molecule has 0 aliphatic carbocycles. The zero-order chi connectivity index (χ0) is 16.3. The van der Waals surface area contributed by atoms with Gasteiger partial charge in [0, 0.05) is 6.54 Å². The number of benzene rings is 2. The van der Waals surface area contributed by atoms with E-state index in [2.05, 4.69) is 4.72 Å². The van der Waals surface area contributed by atoms with E-state index in [9.17, 15) is 13.2 Å². The van der Waals surface area contributed by atoms with Crippen molar-refractivity contribution in [3.8, 4) is 0 Å². The first-order valence-corrected chi connectivity index (χ1v) is 8.17. The van der Waals surface area contributed by atoms with Gasteiger partial charge in [-0.1, -0.05) is 24.3 Å². The van der Waals surface area contributed by atoms with Crippen LogP contribution >= 0.6 is 0 Å². The maximum absolute atomic E-state index is 12.3. The largest absolute Gasteiger partial charge is 0.478 e. The van der Waals surface area contributed by atoms with E-state index in [1.165, 1.54) is 12.1 Å². The number of rotatable bonds is 5. The van der Waals surface area contributed by atoms with Gasteiger partial charge < -0.3 is 5.11 Å². The van der Waals surface area contributed by atoms with Crippen molar-refractivity contribution in [1.82, 2.24) is 4.72 Å². The molecule has 0 bridgehead atoms. The van der Waals surface area contributed by atoms with Crippen LogP contribution < -0.4 is 4.72 Å². The van der Waals surface area contributed by atoms with Crippen LogP contribution in [0.3, 0.4) is 0 Å². The highest BCUT2D eigenvalue weighted by Crippen LogP contribution is 2.17. The quantitative estimate of drug-likeness (QED) is 0.887. The number of hydrogen-bond donors (Lipinski definition) is 2. The lowest BCUT2D eigenvalue weighted by molar-refractivity contribution is 0.0697. The van der Waals surface area contributed by atoms with Crippen molar-refractivity contribution >= 4 is 16.0 Å². The number of nitrogens with one attached hydrogen (secondary N) is 1. The van der Waals surface area contributed by atoms with Crippen LogP contribution in [0.2, 0.25) is 0 Å². The molecule has 0 saturated heterocycles. The fourth-order valence-electron chi connectivity index (χ4n) is 2.02. The zero-order valence-electron chi connectivity index (χ0n) is 12.3. The van der Waals surface area contributed by atoms with E-state index in [0.717, 1.165) is 5.56 Å². The van der Waals surface area contributed by atoms with Crippen molar-refractivity contribution in [2.24, 2.45) is 0 Å². The summed E-state index contributed by atoms with van der Waals surface area (Å²) in [5, 5.41) is 8.83. The van der Waals surface area contributed by atoms with Gasteiger partial charge in [0.05, 0.1) is 10.5 Å². The molecule has 0 heterocycles. The molecule has 0 saturated carbocycles. The van der Waals surface area contributed by atoms with E-state index >= 15 is 0 Å². The highest BCUT2D eigenvalue weighted by molar-refractivity contribution is 7.89. The first-order chi connectivity index (χ1) is 10.3. The topological polar surface area (TPSA) is 83.5 Å². The van der Waals surface area contributed by atoms with Crippen LogP contribution in [0, 0.1) is 13.8 Å². The van der Waals surface area contributed by atoms with Gasteiger partial charge >= 0.3 is 5.97 Å². The zero-order valence-corrected chi connectivity index (χ0v) is 13.1. The summed E-state index contributed by atoms with van der Waals surface area (Å²) in [6, 6.07) is 11.3. The maximum Gasteiger partial charge on any atom is 0.335 e. The number of carboxylic acid groups (broad SMARTS) is 1. The second-order valence-electron chi connectivity index (χ2n) is 5.10. The Hall–Kier alpha value is -2.18. The normalized spacial score (nSPS) is 11.4. The molecule has 6 heteroatoms. The van der Waals surface area contributed by atoms with Crippen LogP contribution in [0.1, 0.15) is 27.0 Å². The summed E-state index contributed by atoms with van der Waals surface area (Å²) in [4.78, 5) is 11.0. The third-order valence-corrected chi connectivity index (χ3v) is 4.84. The van der Waals surface area contributed by atoms with Gasteiger partial charge in [0.1, 0.15) is 0 Å². The van der Waals surface area contributed by atoms with E-state index in [1.807, 2.05) is 13.0 Å². The number of carbonyl (C=O) groups is 1. The Bertz CT molecular complexity index is 795. The Kier molecular flexibility index (Phi) is 4.63. The van der Waals surface area contributed by atoms with Crippen LogP contribution in [0.25, 0.3) is 0 Å².